The zero-order valence-electron chi connectivity index (χ0n) is 6.13. The van der Waals surface area contributed by atoms with E-state index in [1.807, 2.05) is 17.1 Å². The molecule has 1 unspecified atom stereocenters. The van der Waals surface area contributed by atoms with E-state index in [0.29, 0.717) is 0 Å². The number of hydrogen-bond donors (Lipinski definition) is 1. The van der Waals surface area contributed by atoms with Crippen molar-refractivity contribution in [1.82, 2.24) is 0 Å². The number of allylic oxidation sites excluding steroid dienone is 2. The summed E-state index contributed by atoms with van der Waals surface area (Å²) in [5, 5.41) is 9.15. The molecule has 0 amide bonds. The van der Waals surface area contributed by atoms with Crippen LogP contribution in [0.4, 0.5) is 0 Å². The third-order valence-electron chi connectivity index (χ3n) is 1.16. The average Bonchev–Trinajstić information content (AvgIpc) is 1.89. The Kier molecular flexibility index (Phi) is 7.40. The minimum atomic E-state index is -0.270. The number of hydrogen-bond acceptors (Lipinski definition) is 1. The summed E-state index contributed by atoms with van der Waals surface area (Å²) >= 11 is 2.11. The van der Waals surface area contributed by atoms with E-state index in [4.69, 9.17) is 5.11 Å². The molecule has 0 rings (SSSR count). The van der Waals surface area contributed by atoms with E-state index >= 15 is 0 Å². The summed E-state index contributed by atoms with van der Waals surface area (Å²) in [5.74, 6) is 0. The van der Waals surface area contributed by atoms with E-state index in [-0.39, 0.29) is 6.10 Å². The van der Waals surface area contributed by atoms with Crippen molar-refractivity contribution in [2.24, 2.45) is 0 Å². The lowest BCUT2D eigenvalue weighted by Crippen LogP contribution is -1.99. The summed E-state index contributed by atoms with van der Waals surface area (Å²) < 4.78 is 1.85. The fraction of sp³-hybridized carbons (Fsp3) is 0.500. The molecule has 1 N–H and O–H groups in total. The van der Waals surface area contributed by atoms with Gasteiger partial charge in [-0.05, 0) is 23.8 Å². The zero-order chi connectivity index (χ0) is 7.82. The molecule has 0 aliphatic carbocycles. The Balaban J connectivity index is 3.30. The first-order valence-corrected chi connectivity index (χ1v) is 4.62. The van der Waals surface area contributed by atoms with Crippen molar-refractivity contribution in [3.05, 3.63) is 22.3 Å². The Morgan fingerprint density at radius 3 is 2.80 bits per heavy atom. The lowest BCUT2D eigenvalue weighted by molar-refractivity contribution is 0.214. The van der Waals surface area contributed by atoms with Crippen molar-refractivity contribution in [1.29, 1.82) is 0 Å². The maximum Gasteiger partial charge on any atom is 0.0731 e. The predicted molar refractivity (Wildman–Crippen MR) is 53.2 cm³/mol. The third-order valence-corrected chi connectivity index (χ3v) is 1.57. The third kappa shape index (κ3) is 6.29. The van der Waals surface area contributed by atoms with Crippen LogP contribution in [-0.4, -0.2) is 11.2 Å². The molecule has 0 aromatic carbocycles. The topological polar surface area (TPSA) is 20.2 Å². The number of rotatable bonds is 4. The monoisotopic (exact) mass is 252 g/mol. The molecular weight excluding hydrogens is 239 g/mol. The van der Waals surface area contributed by atoms with E-state index in [1.165, 1.54) is 0 Å². The first-order chi connectivity index (χ1) is 4.81. The molecule has 2 heteroatoms. The average molecular weight is 252 g/mol. The van der Waals surface area contributed by atoms with Crippen molar-refractivity contribution < 1.29 is 5.11 Å². The van der Waals surface area contributed by atoms with Gasteiger partial charge in [0.15, 0.2) is 0 Å². The fourth-order valence-electron chi connectivity index (χ4n) is 0.614. The van der Waals surface area contributed by atoms with Crippen LogP contribution in [0.5, 0.6) is 0 Å². The molecule has 58 valence electrons. The van der Waals surface area contributed by atoms with Crippen molar-refractivity contribution in [3.8, 4) is 0 Å². The summed E-state index contributed by atoms with van der Waals surface area (Å²) in [6.45, 7) is 1.99. The molecular formula is C8H13IO. The molecule has 0 heterocycles. The highest BCUT2D eigenvalue weighted by molar-refractivity contribution is 14.1. The van der Waals surface area contributed by atoms with Crippen molar-refractivity contribution in [2.45, 2.75) is 25.9 Å². The van der Waals surface area contributed by atoms with Gasteiger partial charge in [0.1, 0.15) is 0 Å². The highest BCUT2D eigenvalue weighted by Gasteiger charge is 1.94. The summed E-state index contributed by atoms with van der Waals surface area (Å²) in [6, 6.07) is 0. The zero-order valence-corrected chi connectivity index (χ0v) is 8.28. The van der Waals surface area contributed by atoms with Crippen molar-refractivity contribution in [2.75, 3.05) is 0 Å². The molecule has 0 saturated carbocycles. The largest absolute Gasteiger partial charge is 0.389 e. The highest BCUT2D eigenvalue weighted by Crippen LogP contribution is 2.00. The fourth-order valence-corrected chi connectivity index (χ4v) is 1.09. The normalized spacial score (nSPS) is 15.1. The smallest absolute Gasteiger partial charge is 0.0731 e. The molecule has 0 bridgehead atoms. The van der Waals surface area contributed by atoms with E-state index in [1.54, 1.807) is 6.08 Å². The van der Waals surface area contributed by atoms with Gasteiger partial charge < -0.3 is 5.11 Å². The van der Waals surface area contributed by atoms with Crippen LogP contribution in [-0.2, 0) is 0 Å². The first-order valence-electron chi connectivity index (χ1n) is 3.37. The standard InChI is InChI=1S/C8H13IO/c1-2-3-4-5-8(10)6-7-9/h2-3,6-8,10H,4-5H2,1H3/b3-2?,7-6+. The van der Waals surface area contributed by atoms with Crippen LogP contribution in [0.1, 0.15) is 19.8 Å². The molecule has 0 fully saturated rings. The van der Waals surface area contributed by atoms with E-state index in [2.05, 4.69) is 28.7 Å². The second kappa shape index (κ2) is 7.28. The van der Waals surface area contributed by atoms with Crippen LogP contribution in [0.2, 0.25) is 0 Å². The molecule has 0 saturated heterocycles. The highest BCUT2D eigenvalue weighted by atomic mass is 127. The van der Waals surface area contributed by atoms with Crippen LogP contribution < -0.4 is 0 Å². The molecule has 1 nitrogen and oxygen atoms in total. The van der Waals surface area contributed by atoms with Gasteiger partial charge in [0.2, 0.25) is 0 Å². The van der Waals surface area contributed by atoms with Crippen LogP contribution in [0.3, 0.4) is 0 Å². The molecule has 0 aliphatic heterocycles. The summed E-state index contributed by atoms with van der Waals surface area (Å²) in [5.41, 5.74) is 0. The Morgan fingerprint density at radius 2 is 2.30 bits per heavy atom. The molecule has 0 spiro atoms. The number of aliphatic hydroxyl groups is 1. The van der Waals surface area contributed by atoms with Crippen molar-refractivity contribution in [3.63, 3.8) is 0 Å². The summed E-state index contributed by atoms with van der Waals surface area (Å²) in [4.78, 5) is 0. The van der Waals surface area contributed by atoms with Gasteiger partial charge in [0.25, 0.3) is 0 Å². The number of halogens is 1. The van der Waals surface area contributed by atoms with Gasteiger partial charge in [-0.15, -0.1) is 0 Å². The SMILES string of the molecule is CC=CCCC(O)/C=C/I. The van der Waals surface area contributed by atoms with Crippen molar-refractivity contribution >= 4 is 22.6 Å². The molecule has 10 heavy (non-hydrogen) atoms. The second-order valence-corrected chi connectivity index (χ2v) is 2.75. The Bertz CT molecular complexity index is 118. The van der Waals surface area contributed by atoms with Crippen LogP contribution in [0.25, 0.3) is 0 Å². The molecule has 0 aromatic rings. The van der Waals surface area contributed by atoms with Gasteiger partial charge in [-0.1, -0.05) is 40.8 Å². The van der Waals surface area contributed by atoms with E-state index in [0.717, 1.165) is 12.8 Å². The minimum Gasteiger partial charge on any atom is -0.389 e. The quantitative estimate of drug-likeness (QED) is 0.602. The predicted octanol–water partition coefficient (Wildman–Crippen LogP) is 2.65. The summed E-state index contributed by atoms with van der Waals surface area (Å²) in [7, 11) is 0. The van der Waals surface area contributed by atoms with Gasteiger partial charge in [0.05, 0.1) is 6.10 Å². The van der Waals surface area contributed by atoms with E-state index < -0.39 is 0 Å². The lowest BCUT2D eigenvalue weighted by Gasteiger charge is -1.99. The summed E-state index contributed by atoms with van der Waals surface area (Å²) in [6.07, 6.45) is 7.37. The Morgan fingerprint density at radius 1 is 1.60 bits per heavy atom. The molecule has 0 radical (unpaired) electrons. The molecule has 0 aromatic heterocycles. The molecule has 0 aliphatic rings. The Labute approximate surface area is 76.0 Å². The minimum absolute atomic E-state index is 0.270. The lowest BCUT2D eigenvalue weighted by atomic mass is 10.2. The van der Waals surface area contributed by atoms with Gasteiger partial charge in [-0.2, -0.15) is 0 Å². The van der Waals surface area contributed by atoms with E-state index in [9.17, 15) is 0 Å². The van der Waals surface area contributed by atoms with Crippen LogP contribution >= 0.6 is 22.6 Å². The van der Waals surface area contributed by atoms with Gasteiger partial charge in [-0.25, -0.2) is 0 Å². The molecule has 1 atom stereocenters. The second-order valence-electron chi connectivity index (χ2n) is 2.03. The van der Waals surface area contributed by atoms with Gasteiger partial charge in [-0.3, -0.25) is 0 Å². The van der Waals surface area contributed by atoms with Crippen LogP contribution in [0, 0.1) is 0 Å². The first kappa shape index (κ1) is 10.2. The van der Waals surface area contributed by atoms with Crippen LogP contribution in [0.15, 0.2) is 22.3 Å². The Hall–Kier alpha value is 0.170. The van der Waals surface area contributed by atoms with Gasteiger partial charge >= 0.3 is 0 Å². The number of aliphatic hydroxyl groups excluding tert-OH is 1. The maximum atomic E-state index is 9.15. The van der Waals surface area contributed by atoms with Gasteiger partial charge in [0, 0.05) is 0 Å². The maximum absolute atomic E-state index is 9.15.